The Morgan fingerprint density at radius 2 is 2.00 bits per heavy atom. The van der Waals surface area contributed by atoms with E-state index < -0.39 is 15.9 Å². The number of hydrogen-bond donors (Lipinski definition) is 0. The summed E-state index contributed by atoms with van der Waals surface area (Å²) >= 11 is 1.59. The van der Waals surface area contributed by atoms with E-state index in [1.807, 2.05) is 17.5 Å². The molecule has 1 aromatic carbocycles. The molecule has 74 valence electrons. The summed E-state index contributed by atoms with van der Waals surface area (Å²) in [6, 6.07) is 7.15. The van der Waals surface area contributed by atoms with Gasteiger partial charge in [-0.3, -0.25) is 0 Å². The zero-order valence-corrected chi connectivity index (χ0v) is 11.8. The van der Waals surface area contributed by atoms with E-state index in [-0.39, 0.29) is 29.6 Å². The Bertz CT molecular complexity index is 559. The number of hydrogen-bond acceptors (Lipinski definition) is 4. The van der Waals surface area contributed by atoms with E-state index in [0.29, 0.717) is 5.56 Å². The van der Waals surface area contributed by atoms with Gasteiger partial charge in [-0.25, -0.2) is 8.42 Å². The van der Waals surface area contributed by atoms with Crippen LogP contribution in [0.25, 0.3) is 10.1 Å². The molecule has 15 heavy (non-hydrogen) atoms. The molecule has 1 aromatic heterocycles. The second kappa shape index (κ2) is 4.95. The first-order valence-electron chi connectivity index (χ1n) is 3.94. The van der Waals surface area contributed by atoms with Crippen molar-refractivity contribution in [3.63, 3.8) is 0 Å². The summed E-state index contributed by atoms with van der Waals surface area (Å²) in [5, 5.41) is 2.91. The van der Waals surface area contributed by atoms with Gasteiger partial charge in [0.2, 0.25) is 0 Å². The van der Waals surface area contributed by atoms with Crippen LogP contribution in [0.3, 0.4) is 0 Å². The average Bonchev–Trinajstić information content (AvgIpc) is 2.47. The van der Waals surface area contributed by atoms with Crippen molar-refractivity contribution in [2.45, 2.75) is 5.75 Å². The topological polar surface area (TPSA) is 57.2 Å². The van der Waals surface area contributed by atoms with Crippen LogP contribution in [0.4, 0.5) is 0 Å². The summed E-state index contributed by atoms with van der Waals surface area (Å²) in [6.45, 7) is 0. The van der Waals surface area contributed by atoms with Crippen LogP contribution in [0.5, 0.6) is 0 Å². The molecule has 0 aliphatic rings. The molecule has 0 spiro atoms. The van der Waals surface area contributed by atoms with Gasteiger partial charge >= 0.3 is 29.6 Å². The summed E-state index contributed by atoms with van der Waals surface area (Å²) in [7, 11) is -4.18. The van der Waals surface area contributed by atoms with Crippen molar-refractivity contribution in [1.82, 2.24) is 0 Å². The maximum absolute atomic E-state index is 10.5. The second-order valence-corrected chi connectivity index (χ2v) is 5.35. The third kappa shape index (κ3) is 3.55. The first-order chi connectivity index (χ1) is 6.54. The van der Waals surface area contributed by atoms with Crippen molar-refractivity contribution in [3.05, 3.63) is 35.2 Å². The van der Waals surface area contributed by atoms with Gasteiger partial charge in [0, 0.05) is 4.70 Å². The molecule has 0 amide bonds. The Hall–Kier alpha value is 0.0900. The molecule has 0 bridgehead atoms. The van der Waals surface area contributed by atoms with E-state index >= 15 is 0 Å². The molecule has 0 aliphatic carbocycles. The molecule has 0 radical (unpaired) electrons. The molecule has 0 fully saturated rings. The number of rotatable bonds is 2. The third-order valence-corrected chi connectivity index (χ3v) is 3.45. The molecular formula is C9H7NaO3S2. The van der Waals surface area contributed by atoms with Crippen molar-refractivity contribution >= 4 is 31.5 Å². The van der Waals surface area contributed by atoms with Crippen LogP contribution in [0.1, 0.15) is 5.56 Å². The summed E-state index contributed by atoms with van der Waals surface area (Å²) in [5.74, 6) is -0.432. The van der Waals surface area contributed by atoms with Crippen molar-refractivity contribution in [2.24, 2.45) is 0 Å². The zero-order chi connectivity index (χ0) is 10.2. The quantitative estimate of drug-likeness (QED) is 0.505. The first kappa shape index (κ1) is 13.2. The molecule has 3 nitrogen and oxygen atoms in total. The van der Waals surface area contributed by atoms with Gasteiger partial charge in [-0.15, -0.1) is 11.3 Å². The van der Waals surface area contributed by atoms with Gasteiger partial charge in [-0.05, 0) is 34.5 Å². The molecule has 0 aliphatic heterocycles. The summed E-state index contributed by atoms with van der Waals surface area (Å²) in [5.41, 5.74) is 0.547. The Morgan fingerprint density at radius 1 is 1.27 bits per heavy atom. The molecule has 0 atom stereocenters. The average molecular weight is 250 g/mol. The van der Waals surface area contributed by atoms with E-state index in [0.717, 1.165) is 10.1 Å². The predicted octanol–water partition coefficient (Wildman–Crippen LogP) is -1.05. The van der Waals surface area contributed by atoms with Gasteiger partial charge < -0.3 is 4.55 Å². The van der Waals surface area contributed by atoms with Crippen molar-refractivity contribution < 1.29 is 42.5 Å². The largest absolute Gasteiger partial charge is 1.00 e. The molecule has 1 heterocycles. The monoisotopic (exact) mass is 250 g/mol. The minimum Gasteiger partial charge on any atom is -0.748 e. The van der Waals surface area contributed by atoms with Crippen molar-refractivity contribution in [2.75, 3.05) is 0 Å². The Morgan fingerprint density at radius 3 is 2.67 bits per heavy atom. The van der Waals surface area contributed by atoms with Gasteiger partial charge in [0.1, 0.15) is 0 Å². The standard InChI is InChI=1S/C9H8O3S2.Na/c10-14(11,12)6-7-1-2-9-8(5-7)3-4-13-9;/h1-5H,6H2,(H,10,11,12);/q;+1/p-1. The van der Waals surface area contributed by atoms with Gasteiger partial charge in [-0.1, -0.05) is 6.07 Å². The molecule has 2 rings (SSSR count). The van der Waals surface area contributed by atoms with Gasteiger partial charge in [0.25, 0.3) is 0 Å². The summed E-state index contributed by atoms with van der Waals surface area (Å²) < 4.78 is 32.7. The van der Waals surface area contributed by atoms with Crippen LogP contribution in [-0.4, -0.2) is 13.0 Å². The third-order valence-electron chi connectivity index (χ3n) is 1.86. The fourth-order valence-electron chi connectivity index (χ4n) is 1.31. The van der Waals surface area contributed by atoms with Gasteiger partial charge in [0.15, 0.2) is 0 Å². The maximum Gasteiger partial charge on any atom is 1.00 e. The van der Waals surface area contributed by atoms with E-state index in [1.54, 1.807) is 23.5 Å². The van der Waals surface area contributed by atoms with Crippen LogP contribution >= 0.6 is 11.3 Å². The number of fused-ring (bicyclic) bond motifs is 1. The molecule has 0 N–H and O–H groups in total. The van der Waals surface area contributed by atoms with Gasteiger partial charge in [0.05, 0.1) is 15.9 Å². The summed E-state index contributed by atoms with van der Waals surface area (Å²) in [6.07, 6.45) is 0. The van der Waals surface area contributed by atoms with Crippen molar-refractivity contribution in [1.29, 1.82) is 0 Å². The van der Waals surface area contributed by atoms with E-state index in [1.165, 1.54) is 0 Å². The predicted molar refractivity (Wildman–Crippen MR) is 55.2 cm³/mol. The number of thiophene rings is 1. The molecule has 0 unspecified atom stereocenters. The minimum atomic E-state index is -4.18. The molecule has 2 aromatic rings. The van der Waals surface area contributed by atoms with Crippen LogP contribution < -0.4 is 29.6 Å². The smallest absolute Gasteiger partial charge is 0.748 e. The van der Waals surface area contributed by atoms with Crippen LogP contribution in [0.15, 0.2) is 29.6 Å². The van der Waals surface area contributed by atoms with Crippen molar-refractivity contribution in [3.8, 4) is 0 Å². The van der Waals surface area contributed by atoms with E-state index in [2.05, 4.69) is 0 Å². The Balaban J connectivity index is 0.00000112. The first-order valence-corrected chi connectivity index (χ1v) is 6.40. The maximum atomic E-state index is 10.5. The zero-order valence-electron chi connectivity index (χ0n) is 8.14. The Kier molecular flexibility index (Phi) is 4.34. The SMILES string of the molecule is O=S(=O)([O-])Cc1ccc2sccc2c1.[Na+]. The van der Waals surface area contributed by atoms with Crippen LogP contribution in [-0.2, 0) is 15.9 Å². The van der Waals surface area contributed by atoms with E-state index in [4.69, 9.17) is 0 Å². The normalized spacial score (nSPS) is 11.3. The molecule has 0 saturated carbocycles. The van der Waals surface area contributed by atoms with Crippen LogP contribution in [0, 0.1) is 0 Å². The second-order valence-electron chi connectivity index (χ2n) is 2.99. The number of benzene rings is 1. The summed E-state index contributed by atoms with van der Waals surface area (Å²) in [4.78, 5) is 0. The fraction of sp³-hybridized carbons (Fsp3) is 0.111. The molecular weight excluding hydrogens is 243 g/mol. The minimum absolute atomic E-state index is 0. The van der Waals surface area contributed by atoms with Gasteiger partial charge in [-0.2, -0.15) is 0 Å². The van der Waals surface area contributed by atoms with Crippen LogP contribution in [0.2, 0.25) is 0 Å². The Labute approximate surface area is 114 Å². The van der Waals surface area contributed by atoms with E-state index in [9.17, 15) is 13.0 Å². The molecule has 0 saturated heterocycles. The molecule has 6 heteroatoms. The fourth-order valence-corrected chi connectivity index (χ4v) is 2.67.